The number of halogens is 1. The Hall–Kier alpha value is -1.78. The maximum Gasteiger partial charge on any atom is 0.123 e. The zero-order valence-electron chi connectivity index (χ0n) is 17.0. The van der Waals surface area contributed by atoms with Crippen LogP contribution in [-0.4, -0.2) is 16.7 Å². The molecule has 0 atom stereocenters. The average molecular weight is 374 g/mol. The maximum atomic E-state index is 13.5. The van der Waals surface area contributed by atoms with E-state index in [2.05, 4.69) is 20.8 Å². The van der Waals surface area contributed by atoms with Crippen molar-refractivity contribution in [2.45, 2.75) is 72.5 Å². The molecule has 0 spiro atoms. The Bertz CT molecular complexity index is 726. The van der Waals surface area contributed by atoms with Crippen molar-refractivity contribution in [2.24, 2.45) is 0 Å². The molecule has 0 fully saturated rings. The molecule has 0 aliphatic heterocycles. The lowest BCUT2D eigenvalue weighted by molar-refractivity contribution is 0.130. The molecule has 148 valence electrons. The number of aliphatic hydroxyl groups is 1. The number of hydrogen-bond donors (Lipinski definition) is 1. The highest BCUT2D eigenvalue weighted by molar-refractivity contribution is 5.73. The monoisotopic (exact) mass is 373 g/mol. The van der Waals surface area contributed by atoms with Crippen LogP contribution in [0.4, 0.5) is 4.39 Å². The van der Waals surface area contributed by atoms with Gasteiger partial charge in [-0.05, 0) is 54.5 Å². The second-order valence-corrected chi connectivity index (χ2v) is 7.19. The predicted octanol–water partition coefficient (Wildman–Crippen LogP) is 5.77. The number of unbranched alkanes of at least 4 members (excludes halogenated alkanes) is 2. The van der Waals surface area contributed by atoms with Gasteiger partial charge in [0.1, 0.15) is 5.82 Å². The number of aromatic nitrogens is 1. The van der Waals surface area contributed by atoms with Crippen LogP contribution in [-0.2, 0) is 24.4 Å². The lowest BCUT2D eigenvalue weighted by Gasteiger charge is -2.23. The Labute approximate surface area is 162 Å². The Morgan fingerprint density at radius 2 is 1.78 bits per heavy atom. The van der Waals surface area contributed by atoms with Gasteiger partial charge in [0.25, 0.3) is 0 Å². The fourth-order valence-electron chi connectivity index (χ4n) is 3.48. The zero-order valence-corrected chi connectivity index (χ0v) is 17.0. The van der Waals surface area contributed by atoms with E-state index in [1.807, 2.05) is 6.92 Å². The van der Waals surface area contributed by atoms with Crippen molar-refractivity contribution in [1.29, 1.82) is 0 Å². The molecule has 1 heterocycles. The number of ether oxygens (including phenoxy) is 1. The molecule has 27 heavy (non-hydrogen) atoms. The van der Waals surface area contributed by atoms with Crippen molar-refractivity contribution < 1.29 is 14.2 Å². The van der Waals surface area contributed by atoms with Gasteiger partial charge in [-0.15, -0.1) is 0 Å². The highest BCUT2D eigenvalue weighted by Gasteiger charge is 2.22. The molecule has 1 aromatic carbocycles. The van der Waals surface area contributed by atoms with E-state index in [0.29, 0.717) is 13.2 Å². The van der Waals surface area contributed by atoms with Gasteiger partial charge in [-0.25, -0.2) is 4.39 Å². The van der Waals surface area contributed by atoms with E-state index in [-0.39, 0.29) is 18.3 Å². The molecule has 2 rings (SSSR count). The van der Waals surface area contributed by atoms with Crippen LogP contribution in [0.25, 0.3) is 11.1 Å². The summed E-state index contributed by atoms with van der Waals surface area (Å²) in [4.78, 5) is 4.90. The van der Waals surface area contributed by atoms with Crippen LogP contribution in [0.2, 0.25) is 0 Å². The van der Waals surface area contributed by atoms with E-state index in [0.717, 1.165) is 59.3 Å². The third-order valence-corrected chi connectivity index (χ3v) is 4.83. The van der Waals surface area contributed by atoms with Crippen molar-refractivity contribution in [3.05, 3.63) is 52.6 Å². The Kier molecular flexibility index (Phi) is 8.39. The van der Waals surface area contributed by atoms with Crippen LogP contribution in [0.1, 0.15) is 75.4 Å². The van der Waals surface area contributed by atoms with Crippen LogP contribution in [0.3, 0.4) is 0 Å². The van der Waals surface area contributed by atoms with E-state index >= 15 is 0 Å². The first-order valence-electron chi connectivity index (χ1n) is 10.0. The molecule has 1 aromatic heterocycles. The van der Waals surface area contributed by atoms with Gasteiger partial charge in [0, 0.05) is 17.9 Å². The average Bonchev–Trinajstić information content (AvgIpc) is 2.66. The van der Waals surface area contributed by atoms with Gasteiger partial charge in [-0.3, -0.25) is 4.98 Å². The second-order valence-electron chi connectivity index (χ2n) is 7.19. The summed E-state index contributed by atoms with van der Waals surface area (Å²) in [5, 5.41) is 10.2. The molecule has 4 heteroatoms. The Morgan fingerprint density at radius 3 is 2.33 bits per heavy atom. The molecular formula is C23H32FNO2. The first-order valence-corrected chi connectivity index (χ1v) is 10.0. The fourth-order valence-corrected chi connectivity index (χ4v) is 3.48. The van der Waals surface area contributed by atoms with Gasteiger partial charge in [-0.1, -0.05) is 45.7 Å². The number of nitrogens with zero attached hydrogens (tertiary/aromatic N) is 1. The normalized spacial score (nSPS) is 11.4. The molecule has 0 saturated heterocycles. The number of rotatable bonds is 10. The number of pyridine rings is 1. The lowest BCUT2D eigenvalue weighted by atomic mass is 9.87. The summed E-state index contributed by atoms with van der Waals surface area (Å²) < 4.78 is 19.2. The number of benzene rings is 1. The molecule has 0 unspecified atom stereocenters. The molecular weight excluding hydrogens is 341 g/mol. The molecule has 0 aliphatic rings. The molecule has 0 saturated carbocycles. The highest BCUT2D eigenvalue weighted by Crippen LogP contribution is 2.35. The summed E-state index contributed by atoms with van der Waals surface area (Å²) in [6.07, 6.45) is 4.20. The van der Waals surface area contributed by atoms with E-state index in [4.69, 9.17) is 9.72 Å². The zero-order chi connectivity index (χ0) is 19.8. The van der Waals surface area contributed by atoms with Gasteiger partial charge >= 0.3 is 0 Å². The largest absolute Gasteiger partial charge is 0.392 e. The van der Waals surface area contributed by atoms with Gasteiger partial charge < -0.3 is 9.84 Å². The summed E-state index contributed by atoms with van der Waals surface area (Å²) >= 11 is 0. The summed E-state index contributed by atoms with van der Waals surface area (Å²) in [7, 11) is 0. The van der Waals surface area contributed by atoms with Crippen LogP contribution in [0, 0.1) is 5.82 Å². The SMILES string of the molecule is CCCCCc1c(COCC)nc(C(C)C)c(CO)c1-c1ccc(F)cc1. The minimum Gasteiger partial charge on any atom is -0.392 e. The topological polar surface area (TPSA) is 42.4 Å². The third kappa shape index (κ3) is 5.36. The molecule has 0 aliphatic carbocycles. The van der Waals surface area contributed by atoms with Crippen LogP contribution >= 0.6 is 0 Å². The molecule has 2 aromatic rings. The quantitative estimate of drug-likeness (QED) is 0.537. The Balaban J connectivity index is 2.71. The van der Waals surface area contributed by atoms with E-state index < -0.39 is 0 Å². The van der Waals surface area contributed by atoms with Crippen LogP contribution in [0.15, 0.2) is 24.3 Å². The molecule has 0 radical (unpaired) electrons. The predicted molar refractivity (Wildman–Crippen MR) is 108 cm³/mol. The maximum absolute atomic E-state index is 13.5. The van der Waals surface area contributed by atoms with Crippen LogP contribution in [0.5, 0.6) is 0 Å². The van der Waals surface area contributed by atoms with E-state index in [9.17, 15) is 9.50 Å². The summed E-state index contributed by atoms with van der Waals surface area (Å²) in [5.41, 5.74) is 5.73. The van der Waals surface area contributed by atoms with Crippen molar-refractivity contribution >= 4 is 0 Å². The summed E-state index contributed by atoms with van der Waals surface area (Å²) in [5.74, 6) is -0.0825. The standard InChI is InChI=1S/C23H32FNO2/c1-5-7-8-9-19-21(15-27-6-2)25-23(16(3)4)20(14-26)22(19)17-10-12-18(24)13-11-17/h10-13,16,26H,5-9,14-15H2,1-4H3. The van der Waals surface area contributed by atoms with Gasteiger partial charge in [-0.2, -0.15) is 0 Å². The summed E-state index contributed by atoms with van der Waals surface area (Å²) in [6, 6.07) is 6.54. The molecule has 0 bridgehead atoms. The molecule has 3 nitrogen and oxygen atoms in total. The number of hydrogen-bond acceptors (Lipinski definition) is 3. The highest BCUT2D eigenvalue weighted by atomic mass is 19.1. The minimum atomic E-state index is -0.260. The second kappa shape index (κ2) is 10.5. The van der Waals surface area contributed by atoms with Crippen molar-refractivity contribution in [3.8, 4) is 11.1 Å². The van der Waals surface area contributed by atoms with Crippen LogP contribution < -0.4 is 0 Å². The molecule has 0 amide bonds. The minimum absolute atomic E-state index is 0.0804. The van der Waals surface area contributed by atoms with E-state index in [1.54, 1.807) is 12.1 Å². The lowest BCUT2D eigenvalue weighted by Crippen LogP contribution is -2.12. The van der Waals surface area contributed by atoms with Gasteiger partial charge in [0.15, 0.2) is 0 Å². The van der Waals surface area contributed by atoms with Crippen molar-refractivity contribution in [2.75, 3.05) is 6.61 Å². The fraction of sp³-hybridized carbons (Fsp3) is 0.522. The molecule has 1 N–H and O–H groups in total. The van der Waals surface area contributed by atoms with E-state index in [1.165, 1.54) is 12.1 Å². The summed E-state index contributed by atoms with van der Waals surface area (Å²) in [6.45, 7) is 9.32. The van der Waals surface area contributed by atoms with Crippen molar-refractivity contribution in [3.63, 3.8) is 0 Å². The van der Waals surface area contributed by atoms with Crippen molar-refractivity contribution in [1.82, 2.24) is 4.98 Å². The number of aliphatic hydroxyl groups excluding tert-OH is 1. The Morgan fingerprint density at radius 1 is 1.07 bits per heavy atom. The third-order valence-electron chi connectivity index (χ3n) is 4.83. The first kappa shape index (κ1) is 21.5. The van der Waals surface area contributed by atoms with Gasteiger partial charge in [0.2, 0.25) is 0 Å². The smallest absolute Gasteiger partial charge is 0.123 e. The first-order chi connectivity index (χ1) is 13.0. The van der Waals surface area contributed by atoms with Gasteiger partial charge in [0.05, 0.1) is 18.9 Å².